The summed E-state index contributed by atoms with van der Waals surface area (Å²) in [5.41, 5.74) is 0. The Balaban J connectivity index is 0.000000345. The molecule has 0 aromatic carbocycles. The second-order valence-corrected chi connectivity index (χ2v) is 5.14. The molecule has 1 unspecified atom stereocenters. The molecule has 2 saturated carbocycles. The third kappa shape index (κ3) is 5.76. The van der Waals surface area contributed by atoms with Gasteiger partial charge in [-0.25, -0.2) is 0 Å². The van der Waals surface area contributed by atoms with E-state index in [1.165, 1.54) is 29.6 Å². The Morgan fingerprint density at radius 2 is 1.25 bits per heavy atom. The molecule has 0 spiro atoms. The van der Waals surface area contributed by atoms with Gasteiger partial charge in [0.05, 0.1) is 6.10 Å². The Morgan fingerprint density at radius 3 is 1.65 bits per heavy atom. The molecular weight excluding hydrogens is 335 g/mol. The van der Waals surface area contributed by atoms with Crippen molar-refractivity contribution in [3.05, 3.63) is 61.7 Å². The standard InChI is InChI=1S/C10H15.C8H11O.Rh/c1-6-7(2)9(4)10(5)8(6)3;1-9-8-6-4-2-3-5-7-8;/h1-5H3;2-6,8H,7H2,1H3;. The smallest absolute Gasteiger partial charge is 0.0608 e. The number of ether oxygens (including phenoxy) is 1. The molecule has 2 rings (SSSR count). The van der Waals surface area contributed by atoms with Crippen LogP contribution in [0, 0.1) is 61.7 Å². The molecule has 20 heavy (non-hydrogen) atoms. The second kappa shape index (κ2) is 10.3. The SMILES string of the molecule is COC1[CH][CH][CH][CH][CH]C1.C[C]1[C](C)[C](C)[C](C)[C]1C.[Rh]. The van der Waals surface area contributed by atoms with E-state index in [-0.39, 0.29) is 25.6 Å². The number of methoxy groups -OCH3 is 1. The van der Waals surface area contributed by atoms with E-state index >= 15 is 0 Å². The van der Waals surface area contributed by atoms with Crippen LogP contribution in [0.3, 0.4) is 0 Å². The summed E-state index contributed by atoms with van der Waals surface area (Å²) in [6, 6.07) is 0. The van der Waals surface area contributed by atoms with Gasteiger partial charge in [0.25, 0.3) is 0 Å². The Hall–Kier alpha value is 0.583. The maximum absolute atomic E-state index is 5.11. The molecule has 0 aromatic heterocycles. The number of rotatable bonds is 1. The average molecular weight is 361 g/mol. The van der Waals surface area contributed by atoms with Gasteiger partial charge in [0.1, 0.15) is 0 Å². The molecule has 1 atom stereocenters. The van der Waals surface area contributed by atoms with E-state index in [4.69, 9.17) is 4.74 Å². The third-order valence-corrected chi connectivity index (χ3v) is 4.17. The van der Waals surface area contributed by atoms with Crippen molar-refractivity contribution in [2.45, 2.75) is 47.1 Å². The fourth-order valence-corrected chi connectivity index (χ4v) is 2.20. The molecule has 0 aliphatic heterocycles. The molecule has 11 radical (unpaired) electrons. The summed E-state index contributed by atoms with van der Waals surface area (Å²) in [5.74, 6) is 7.34. The number of hydrogen-bond donors (Lipinski definition) is 0. The minimum atomic E-state index is 0. The van der Waals surface area contributed by atoms with Gasteiger partial charge in [-0.3, -0.25) is 0 Å². The largest absolute Gasteiger partial charge is 0.381 e. The van der Waals surface area contributed by atoms with Gasteiger partial charge in [0.2, 0.25) is 0 Å². The molecule has 2 aliphatic carbocycles. The van der Waals surface area contributed by atoms with Crippen molar-refractivity contribution in [2.75, 3.05) is 7.11 Å². The molecule has 0 amide bonds. The Labute approximate surface area is 140 Å². The van der Waals surface area contributed by atoms with Crippen LogP contribution >= 0.6 is 0 Å². The van der Waals surface area contributed by atoms with Crippen LogP contribution in [0.1, 0.15) is 41.0 Å². The molecule has 0 aromatic rings. The van der Waals surface area contributed by atoms with Crippen LogP contribution in [0.15, 0.2) is 0 Å². The Morgan fingerprint density at radius 1 is 0.800 bits per heavy atom. The molecule has 0 heterocycles. The quantitative estimate of drug-likeness (QED) is 0.497. The first-order valence-electron chi connectivity index (χ1n) is 6.88. The molecule has 1 nitrogen and oxygen atoms in total. The zero-order valence-corrected chi connectivity index (χ0v) is 15.1. The maximum Gasteiger partial charge on any atom is 0.0608 e. The van der Waals surface area contributed by atoms with Crippen LogP contribution in [0.25, 0.3) is 0 Å². The molecule has 0 bridgehead atoms. The van der Waals surface area contributed by atoms with E-state index in [9.17, 15) is 0 Å². The zero-order chi connectivity index (χ0) is 14.4. The molecule has 0 N–H and O–H groups in total. The van der Waals surface area contributed by atoms with Gasteiger partial charge in [0, 0.05) is 26.6 Å². The van der Waals surface area contributed by atoms with E-state index in [0.717, 1.165) is 6.42 Å². The van der Waals surface area contributed by atoms with Gasteiger partial charge in [-0.1, -0.05) is 34.6 Å². The van der Waals surface area contributed by atoms with Gasteiger partial charge >= 0.3 is 0 Å². The van der Waals surface area contributed by atoms with Crippen LogP contribution in [0.5, 0.6) is 0 Å². The van der Waals surface area contributed by atoms with Crippen LogP contribution in [-0.2, 0) is 24.2 Å². The molecular formula is C18H26ORh. The van der Waals surface area contributed by atoms with Crippen molar-refractivity contribution < 1.29 is 24.2 Å². The first-order chi connectivity index (χ1) is 8.99. The summed E-state index contributed by atoms with van der Waals surface area (Å²) in [6.07, 6.45) is 11.5. The van der Waals surface area contributed by atoms with Gasteiger partial charge in [0.15, 0.2) is 0 Å². The topological polar surface area (TPSA) is 9.23 Å². The van der Waals surface area contributed by atoms with Crippen LogP contribution in [0.4, 0.5) is 0 Å². The summed E-state index contributed by atoms with van der Waals surface area (Å²) < 4.78 is 5.11. The minimum Gasteiger partial charge on any atom is -0.381 e. The maximum atomic E-state index is 5.11. The summed E-state index contributed by atoms with van der Waals surface area (Å²) >= 11 is 0. The summed E-state index contributed by atoms with van der Waals surface area (Å²) in [6.45, 7) is 11.0. The summed E-state index contributed by atoms with van der Waals surface area (Å²) in [7, 11) is 1.73. The fourth-order valence-electron chi connectivity index (χ4n) is 2.20. The molecule has 0 saturated heterocycles. The van der Waals surface area contributed by atoms with Crippen LogP contribution < -0.4 is 0 Å². The van der Waals surface area contributed by atoms with Gasteiger partial charge in [-0.2, -0.15) is 0 Å². The van der Waals surface area contributed by atoms with Crippen LogP contribution in [0.2, 0.25) is 0 Å². The fraction of sp³-hybridized carbons (Fsp3) is 0.444. The monoisotopic (exact) mass is 361 g/mol. The van der Waals surface area contributed by atoms with Gasteiger partial charge in [-0.15, -0.1) is 0 Å². The number of hydrogen-bond acceptors (Lipinski definition) is 1. The molecule has 113 valence electrons. The summed E-state index contributed by atoms with van der Waals surface area (Å²) in [4.78, 5) is 0. The Kier molecular flexibility index (Phi) is 10.6. The van der Waals surface area contributed by atoms with Crippen molar-refractivity contribution in [2.24, 2.45) is 0 Å². The van der Waals surface area contributed by atoms with E-state index < -0.39 is 0 Å². The predicted octanol–water partition coefficient (Wildman–Crippen LogP) is 4.40. The first kappa shape index (κ1) is 20.6. The van der Waals surface area contributed by atoms with Crippen molar-refractivity contribution in [1.29, 1.82) is 0 Å². The van der Waals surface area contributed by atoms with E-state index in [2.05, 4.69) is 47.5 Å². The minimum absolute atomic E-state index is 0. The van der Waals surface area contributed by atoms with Gasteiger partial charge < -0.3 is 4.74 Å². The van der Waals surface area contributed by atoms with Crippen LogP contribution in [-0.4, -0.2) is 13.2 Å². The molecule has 2 fully saturated rings. The third-order valence-electron chi connectivity index (χ3n) is 4.17. The summed E-state index contributed by atoms with van der Waals surface area (Å²) in [5, 5.41) is 0. The van der Waals surface area contributed by atoms with Crippen molar-refractivity contribution in [3.63, 3.8) is 0 Å². The van der Waals surface area contributed by atoms with Gasteiger partial charge in [-0.05, 0) is 68.1 Å². The van der Waals surface area contributed by atoms with E-state index in [1.807, 2.05) is 19.3 Å². The first-order valence-corrected chi connectivity index (χ1v) is 6.88. The zero-order valence-electron chi connectivity index (χ0n) is 13.4. The normalized spacial score (nSPS) is 24.9. The predicted molar refractivity (Wildman–Crippen MR) is 81.5 cm³/mol. The Bertz CT molecular complexity index is 191. The molecule has 2 aliphatic rings. The second-order valence-electron chi connectivity index (χ2n) is 5.14. The molecule has 2 heteroatoms. The average Bonchev–Trinajstić information content (AvgIpc) is 2.69. The van der Waals surface area contributed by atoms with Crippen molar-refractivity contribution in [1.82, 2.24) is 0 Å². The van der Waals surface area contributed by atoms with E-state index in [1.54, 1.807) is 7.11 Å². The van der Waals surface area contributed by atoms with Crippen molar-refractivity contribution in [3.8, 4) is 0 Å². The van der Waals surface area contributed by atoms with Crippen molar-refractivity contribution >= 4 is 0 Å². The van der Waals surface area contributed by atoms with E-state index in [0.29, 0.717) is 0 Å².